The minimum atomic E-state index is -0.468. The molecule has 0 bridgehead atoms. The van der Waals surface area contributed by atoms with Crippen molar-refractivity contribution in [1.82, 2.24) is 4.90 Å². The number of nitrogens with zero attached hydrogens (tertiary/aromatic N) is 1. The van der Waals surface area contributed by atoms with E-state index in [9.17, 15) is 5.11 Å². The quantitative estimate of drug-likeness (QED) is 0.871. The van der Waals surface area contributed by atoms with Crippen molar-refractivity contribution in [2.75, 3.05) is 26.7 Å². The molecule has 0 unspecified atom stereocenters. The molecule has 0 heterocycles. The molecule has 1 N–H and O–H groups in total. The third-order valence-corrected chi connectivity index (χ3v) is 4.13. The van der Waals surface area contributed by atoms with E-state index in [1.54, 1.807) is 0 Å². The SMILES string of the molecule is CN(CCOc1cccc(Br)c1)CC1(O)CCCC1. The van der Waals surface area contributed by atoms with Crippen molar-refractivity contribution >= 4 is 15.9 Å². The van der Waals surface area contributed by atoms with Crippen LogP contribution in [0.3, 0.4) is 0 Å². The smallest absolute Gasteiger partial charge is 0.120 e. The number of benzene rings is 1. The standard InChI is InChI=1S/C15H22BrNO2/c1-17(12-15(18)7-2-3-8-15)9-10-19-14-6-4-5-13(16)11-14/h4-6,11,18H,2-3,7-10,12H2,1H3. The number of hydrogen-bond acceptors (Lipinski definition) is 3. The van der Waals surface area contributed by atoms with Crippen LogP contribution in [0.25, 0.3) is 0 Å². The van der Waals surface area contributed by atoms with Gasteiger partial charge in [-0.1, -0.05) is 34.8 Å². The fourth-order valence-corrected chi connectivity index (χ4v) is 3.03. The highest BCUT2D eigenvalue weighted by Gasteiger charge is 2.31. The molecule has 0 spiro atoms. The molecule has 1 aromatic rings. The van der Waals surface area contributed by atoms with Gasteiger partial charge in [-0.2, -0.15) is 0 Å². The zero-order valence-corrected chi connectivity index (χ0v) is 13.0. The van der Waals surface area contributed by atoms with Crippen LogP contribution in [-0.2, 0) is 0 Å². The lowest BCUT2D eigenvalue weighted by molar-refractivity contribution is 0.0139. The fraction of sp³-hybridized carbons (Fsp3) is 0.600. The molecule has 19 heavy (non-hydrogen) atoms. The van der Waals surface area contributed by atoms with Crippen LogP contribution in [0, 0.1) is 0 Å². The molecule has 1 aliphatic rings. The van der Waals surface area contributed by atoms with Crippen LogP contribution < -0.4 is 4.74 Å². The molecular formula is C15H22BrNO2. The van der Waals surface area contributed by atoms with E-state index in [0.717, 1.165) is 49.0 Å². The van der Waals surface area contributed by atoms with Gasteiger partial charge in [0.2, 0.25) is 0 Å². The Morgan fingerprint density at radius 3 is 2.79 bits per heavy atom. The van der Waals surface area contributed by atoms with Gasteiger partial charge in [0.15, 0.2) is 0 Å². The third-order valence-electron chi connectivity index (χ3n) is 3.64. The molecule has 1 aliphatic carbocycles. The molecule has 1 aromatic carbocycles. The maximum absolute atomic E-state index is 10.3. The largest absolute Gasteiger partial charge is 0.492 e. The normalized spacial score (nSPS) is 17.9. The van der Waals surface area contributed by atoms with Gasteiger partial charge in [-0.15, -0.1) is 0 Å². The number of halogens is 1. The molecule has 4 heteroatoms. The summed E-state index contributed by atoms with van der Waals surface area (Å²) in [4.78, 5) is 2.16. The first-order chi connectivity index (χ1) is 9.07. The molecule has 0 saturated heterocycles. The Kier molecular flexibility index (Phi) is 5.25. The molecular weight excluding hydrogens is 306 g/mol. The maximum Gasteiger partial charge on any atom is 0.120 e. The Morgan fingerprint density at radius 2 is 2.11 bits per heavy atom. The number of ether oxygens (including phenoxy) is 1. The van der Waals surface area contributed by atoms with Crippen molar-refractivity contribution in [3.8, 4) is 5.75 Å². The van der Waals surface area contributed by atoms with Gasteiger partial charge in [0.05, 0.1) is 5.60 Å². The topological polar surface area (TPSA) is 32.7 Å². The van der Waals surface area contributed by atoms with Crippen LogP contribution in [0.2, 0.25) is 0 Å². The zero-order valence-electron chi connectivity index (χ0n) is 11.4. The van der Waals surface area contributed by atoms with Crippen LogP contribution in [0.5, 0.6) is 5.75 Å². The lowest BCUT2D eigenvalue weighted by Gasteiger charge is -2.28. The first kappa shape index (κ1) is 14.8. The van der Waals surface area contributed by atoms with Crippen molar-refractivity contribution in [3.63, 3.8) is 0 Å². The number of hydrogen-bond donors (Lipinski definition) is 1. The summed E-state index contributed by atoms with van der Waals surface area (Å²) in [7, 11) is 2.04. The minimum Gasteiger partial charge on any atom is -0.492 e. The van der Waals surface area contributed by atoms with E-state index in [-0.39, 0.29) is 0 Å². The van der Waals surface area contributed by atoms with Crippen molar-refractivity contribution in [3.05, 3.63) is 28.7 Å². The second-order valence-electron chi connectivity index (χ2n) is 5.48. The summed E-state index contributed by atoms with van der Waals surface area (Å²) in [5.74, 6) is 0.877. The summed E-state index contributed by atoms with van der Waals surface area (Å²) in [5.41, 5.74) is -0.468. The molecule has 1 fully saturated rings. The van der Waals surface area contributed by atoms with Gasteiger partial charge in [-0.3, -0.25) is 0 Å². The molecule has 0 aliphatic heterocycles. The van der Waals surface area contributed by atoms with Crippen molar-refractivity contribution in [2.45, 2.75) is 31.3 Å². The van der Waals surface area contributed by atoms with E-state index in [2.05, 4.69) is 20.8 Å². The summed E-state index contributed by atoms with van der Waals surface area (Å²) < 4.78 is 6.73. The van der Waals surface area contributed by atoms with Gasteiger partial charge in [0.25, 0.3) is 0 Å². The Morgan fingerprint density at radius 1 is 1.37 bits per heavy atom. The Labute approximate surface area is 123 Å². The zero-order chi connectivity index (χ0) is 13.7. The molecule has 0 aromatic heterocycles. The van der Waals surface area contributed by atoms with Crippen LogP contribution in [0.1, 0.15) is 25.7 Å². The van der Waals surface area contributed by atoms with Crippen molar-refractivity contribution < 1.29 is 9.84 Å². The van der Waals surface area contributed by atoms with Gasteiger partial charge < -0.3 is 14.7 Å². The first-order valence-electron chi connectivity index (χ1n) is 6.87. The molecule has 106 valence electrons. The van der Waals surface area contributed by atoms with E-state index in [0.29, 0.717) is 6.61 Å². The molecule has 1 saturated carbocycles. The van der Waals surface area contributed by atoms with Gasteiger partial charge in [0, 0.05) is 17.6 Å². The number of rotatable bonds is 6. The lowest BCUT2D eigenvalue weighted by Crippen LogP contribution is -2.40. The molecule has 3 nitrogen and oxygen atoms in total. The molecule has 0 radical (unpaired) electrons. The highest BCUT2D eigenvalue weighted by Crippen LogP contribution is 2.29. The van der Waals surface area contributed by atoms with E-state index in [1.165, 1.54) is 0 Å². The monoisotopic (exact) mass is 327 g/mol. The number of likely N-dealkylation sites (N-methyl/N-ethyl adjacent to an activating group) is 1. The van der Waals surface area contributed by atoms with Crippen molar-refractivity contribution in [2.24, 2.45) is 0 Å². The minimum absolute atomic E-state index is 0.468. The predicted octanol–water partition coefficient (Wildman–Crippen LogP) is 3.06. The van der Waals surface area contributed by atoms with E-state index < -0.39 is 5.60 Å². The third kappa shape index (κ3) is 4.79. The summed E-state index contributed by atoms with van der Waals surface area (Å²) in [6, 6.07) is 7.86. The number of aliphatic hydroxyl groups is 1. The van der Waals surface area contributed by atoms with E-state index in [4.69, 9.17) is 4.74 Å². The van der Waals surface area contributed by atoms with Gasteiger partial charge >= 0.3 is 0 Å². The van der Waals surface area contributed by atoms with Gasteiger partial charge in [0.1, 0.15) is 12.4 Å². The highest BCUT2D eigenvalue weighted by atomic mass is 79.9. The second-order valence-corrected chi connectivity index (χ2v) is 6.39. The predicted molar refractivity (Wildman–Crippen MR) is 80.6 cm³/mol. The van der Waals surface area contributed by atoms with Crippen LogP contribution >= 0.6 is 15.9 Å². The average Bonchev–Trinajstić information content (AvgIpc) is 2.75. The molecule has 0 atom stereocenters. The summed E-state index contributed by atoms with van der Waals surface area (Å²) in [6.45, 7) is 2.21. The van der Waals surface area contributed by atoms with E-state index >= 15 is 0 Å². The Balaban J connectivity index is 1.70. The van der Waals surface area contributed by atoms with Gasteiger partial charge in [-0.25, -0.2) is 0 Å². The summed E-state index contributed by atoms with van der Waals surface area (Å²) in [6.07, 6.45) is 4.17. The molecule has 2 rings (SSSR count). The lowest BCUT2D eigenvalue weighted by atomic mass is 10.0. The van der Waals surface area contributed by atoms with Gasteiger partial charge in [-0.05, 0) is 38.1 Å². The highest BCUT2D eigenvalue weighted by molar-refractivity contribution is 9.10. The van der Waals surface area contributed by atoms with Crippen LogP contribution in [0.15, 0.2) is 28.7 Å². The maximum atomic E-state index is 10.3. The fourth-order valence-electron chi connectivity index (χ4n) is 2.65. The Bertz CT molecular complexity index is 405. The van der Waals surface area contributed by atoms with Crippen LogP contribution in [-0.4, -0.2) is 42.4 Å². The Hall–Kier alpha value is -0.580. The summed E-state index contributed by atoms with van der Waals surface area (Å²) in [5, 5.41) is 10.3. The average molecular weight is 328 g/mol. The summed E-state index contributed by atoms with van der Waals surface area (Å²) >= 11 is 3.42. The van der Waals surface area contributed by atoms with E-state index in [1.807, 2.05) is 31.3 Å². The second kappa shape index (κ2) is 6.73. The van der Waals surface area contributed by atoms with Crippen LogP contribution in [0.4, 0.5) is 0 Å². The van der Waals surface area contributed by atoms with Crippen molar-refractivity contribution in [1.29, 1.82) is 0 Å². The first-order valence-corrected chi connectivity index (χ1v) is 7.66. The molecule has 0 amide bonds.